The van der Waals surface area contributed by atoms with Crippen LogP contribution in [0.3, 0.4) is 0 Å². The van der Waals surface area contributed by atoms with Gasteiger partial charge in [0.15, 0.2) is 5.82 Å². The lowest BCUT2D eigenvalue weighted by molar-refractivity contribution is 0.139. The van der Waals surface area contributed by atoms with Crippen LogP contribution in [0.2, 0.25) is 0 Å². The van der Waals surface area contributed by atoms with Gasteiger partial charge in [0.1, 0.15) is 17.5 Å². The zero-order chi connectivity index (χ0) is 24.7. The molecule has 1 atom stereocenters. The summed E-state index contributed by atoms with van der Waals surface area (Å²) in [5.74, 6) is -1.21. The zero-order valence-electron chi connectivity index (χ0n) is 19.3. The molecule has 0 bridgehead atoms. The Kier molecular flexibility index (Phi) is 5.91. The number of benzene rings is 1. The fraction of sp³-hybridized carbons (Fsp3) is 0.333. The van der Waals surface area contributed by atoms with E-state index in [9.17, 15) is 18.0 Å². The number of carbonyl (C=O) groups is 1. The number of nitrogens with zero attached hydrogens (tertiary/aromatic N) is 7. The van der Waals surface area contributed by atoms with Crippen LogP contribution >= 0.6 is 0 Å². The summed E-state index contributed by atoms with van der Waals surface area (Å²) in [7, 11) is 1.76. The number of aromatic nitrogens is 3. The fourth-order valence-electron chi connectivity index (χ4n) is 4.63. The van der Waals surface area contributed by atoms with E-state index in [0.29, 0.717) is 55.2 Å². The molecule has 8 nitrogen and oxygen atoms in total. The van der Waals surface area contributed by atoms with E-state index >= 15 is 0 Å². The van der Waals surface area contributed by atoms with Gasteiger partial charge >= 0.3 is 6.03 Å². The summed E-state index contributed by atoms with van der Waals surface area (Å²) in [5.41, 5.74) is 2.33. The van der Waals surface area contributed by atoms with E-state index in [2.05, 4.69) is 15.2 Å². The third kappa shape index (κ3) is 4.33. The van der Waals surface area contributed by atoms with Gasteiger partial charge in [-0.25, -0.2) is 28.0 Å². The topological polar surface area (TPSA) is 69.9 Å². The van der Waals surface area contributed by atoms with E-state index in [-0.39, 0.29) is 6.03 Å². The summed E-state index contributed by atoms with van der Waals surface area (Å²) in [6.45, 7) is 3.65. The Balaban J connectivity index is 1.29. The molecule has 2 aliphatic rings. The fourth-order valence-corrected chi connectivity index (χ4v) is 4.63. The molecule has 0 spiro atoms. The Morgan fingerprint density at radius 2 is 1.71 bits per heavy atom. The molecule has 1 aromatic carbocycles. The smallest absolute Gasteiger partial charge is 0.341 e. The van der Waals surface area contributed by atoms with Crippen molar-refractivity contribution >= 4 is 18.1 Å². The van der Waals surface area contributed by atoms with Crippen LogP contribution in [0.25, 0.3) is 11.3 Å². The molecule has 0 radical (unpaired) electrons. The van der Waals surface area contributed by atoms with Gasteiger partial charge in [0.2, 0.25) is 0 Å². The number of amides is 2. The van der Waals surface area contributed by atoms with Crippen molar-refractivity contribution in [3.63, 3.8) is 0 Å². The van der Waals surface area contributed by atoms with Crippen LogP contribution in [0, 0.1) is 24.4 Å². The third-order valence-corrected chi connectivity index (χ3v) is 6.39. The molecule has 1 fully saturated rings. The second-order valence-electron chi connectivity index (χ2n) is 8.68. The van der Waals surface area contributed by atoms with Crippen molar-refractivity contribution < 1.29 is 18.0 Å². The monoisotopic (exact) mass is 483 g/mol. The van der Waals surface area contributed by atoms with Crippen molar-refractivity contribution in [3.8, 4) is 11.3 Å². The number of piperazine rings is 1. The molecule has 182 valence electrons. The quantitative estimate of drug-likeness (QED) is 0.567. The van der Waals surface area contributed by atoms with E-state index < -0.39 is 23.5 Å². The molecule has 0 N–H and O–H groups in total. The number of anilines is 1. The maximum Gasteiger partial charge on any atom is 0.341 e. The van der Waals surface area contributed by atoms with Gasteiger partial charge in [-0.1, -0.05) is 0 Å². The molecule has 5 rings (SSSR count). The Bertz CT molecular complexity index is 1260. The first-order valence-electron chi connectivity index (χ1n) is 11.3. The first-order chi connectivity index (χ1) is 16.8. The summed E-state index contributed by atoms with van der Waals surface area (Å²) in [4.78, 5) is 21.1. The number of pyridine rings is 1. The molecule has 0 saturated carbocycles. The van der Waals surface area contributed by atoms with Crippen molar-refractivity contribution in [1.29, 1.82) is 0 Å². The van der Waals surface area contributed by atoms with Gasteiger partial charge in [-0.3, -0.25) is 4.68 Å². The summed E-state index contributed by atoms with van der Waals surface area (Å²) >= 11 is 0. The van der Waals surface area contributed by atoms with Crippen LogP contribution in [0.1, 0.15) is 23.6 Å². The molecule has 2 aromatic heterocycles. The zero-order valence-corrected chi connectivity index (χ0v) is 19.3. The average Bonchev–Trinajstić information content (AvgIpc) is 3.45. The lowest BCUT2D eigenvalue weighted by Gasteiger charge is -2.37. The minimum atomic E-state index is -0.694. The summed E-state index contributed by atoms with van der Waals surface area (Å²) in [6.07, 6.45) is 4.85. The Morgan fingerprint density at radius 3 is 2.37 bits per heavy atom. The van der Waals surface area contributed by atoms with Gasteiger partial charge in [0.25, 0.3) is 0 Å². The lowest BCUT2D eigenvalue weighted by Crippen LogP contribution is -2.52. The Hall–Kier alpha value is -3.89. The molecule has 2 amide bonds. The van der Waals surface area contributed by atoms with E-state index in [0.717, 1.165) is 11.6 Å². The van der Waals surface area contributed by atoms with Gasteiger partial charge < -0.3 is 9.80 Å². The van der Waals surface area contributed by atoms with Crippen molar-refractivity contribution in [2.24, 2.45) is 12.1 Å². The number of rotatable bonds is 3. The molecule has 2 aliphatic heterocycles. The second-order valence-corrected chi connectivity index (χ2v) is 8.68. The number of aryl methyl sites for hydroxylation is 2. The molecule has 3 aromatic rings. The average molecular weight is 483 g/mol. The summed E-state index contributed by atoms with van der Waals surface area (Å²) < 4.78 is 43.7. The Labute approximate surface area is 200 Å². The maximum atomic E-state index is 14.6. The Morgan fingerprint density at radius 1 is 1.00 bits per heavy atom. The first kappa shape index (κ1) is 22.9. The van der Waals surface area contributed by atoms with E-state index in [1.54, 1.807) is 35.1 Å². The molecule has 0 aliphatic carbocycles. The number of carbonyl (C=O) groups excluding carboxylic acids is 1. The van der Waals surface area contributed by atoms with Crippen LogP contribution in [0.15, 0.2) is 41.8 Å². The number of urea groups is 1. The molecule has 0 unspecified atom stereocenters. The molecule has 4 heterocycles. The van der Waals surface area contributed by atoms with E-state index in [1.165, 1.54) is 23.3 Å². The maximum absolute atomic E-state index is 14.6. The highest BCUT2D eigenvalue weighted by atomic mass is 19.1. The van der Waals surface area contributed by atoms with Crippen molar-refractivity contribution in [3.05, 3.63) is 65.2 Å². The summed E-state index contributed by atoms with van der Waals surface area (Å²) in [6, 6.07) is 4.07. The van der Waals surface area contributed by atoms with E-state index in [4.69, 9.17) is 0 Å². The molecular formula is C24H24F3N7O. The van der Waals surface area contributed by atoms with E-state index in [1.807, 2.05) is 11.8 Å². The number of hydrogen-bond donors (Lipinski definition) is 0. The SMILES string of the molecule is Cc1cnn(C)c1-c1cc(N2CCN(C(=O)N3N=CC[C@H]3c3cc(F)cc(F)c3)CC2)ncc1F. The largest absolute Gasteiger partial charge is 0.353 e. The molecule has 11 heteroatoms. The summed E-state index contributed by atoms with van der Waals surface area (Å²) in [5, 5.41) is 9.64. The highest BCUT2D eigenvalue weighted by Crippen LogP contribution is 2.31. The van der Waals surface area contributed by atoms with Crippen LogP contribution in [0.4, 0.5) is 23.8 Å². The minimum Gasteiger partial charge on any atom is -0.353 e. The van der Waals surface area contributed by atoms with Crippen LogP contribution in [-0.2, 0) is 7.05 Å². The second kappa shape index (κ2) is 9.05. The van der Waals surface area contributed by atoms with Crippen LogP contribution in [-0.4, -0.2) is 63.1 Å². The predicted octanol–water partition coefficient (Wildman–Crippen LogP) is 3.88. The van der Waals surface area contributed by atoms with Crippen molar-refractivity contribution in [1.82, 2.24) is 24.7 Å². The molecule has 35 heavy (non-hydrogen) atoms. The highest BCUT2D eigenvalue weighted by Gasteiger charge is 2.33. The van der Waals surface area contributed by atoms with Gasteiger partial charge in [-0.15, -0.1) is 0 Å². The van der Waals surface area contributed by atoms with Gasteiger partial charge in [-0.2, -0.15) is 10.2 Å². The van der Waals surface area contributed by atoms with Gasteiger partial charge in [-0.05, 0) is 36.2 Å². The number of halogens is 3. The normalized spacial score (nSPS) is 18.0. The van der Waals surface area contributed by atoms with Crippen LogP contribution < -0.4 is 4.90 Å². The first-order valence-corrected chi connectivity index (χ1v) is 11.3. The number of hydrogen-bond acceptors (Lipinski definition) is 5. The lowest BCUT2D eigenvalue weighted by atomic mass is 10.0. The number of hydrazone groups is 1. The minimum absolute atomic E-state index is 0.327. The standard InChI is InChI=1S/C24H24F3N7O/c1-15-13-30-31(2)23(15)19-12-22(28-14-20(19)27)32-5-7-33(8-6-32)24(35)34-21(3-4-29-34)16-9-17(25)11-18(26)10-16/h4,9-14,21H,3,5-8H2,1-2H3/t21-/m0/s1. The molecular weight excluding hydrogens is 459 g/mol. The van der Waals surface area contributed by atoms with Gasteiger partial charge in [0.05, 0.1) is 24.1 Å². The third-order valence-electron chi connectivity index (χ3n) is 6.39. The highest BCUT2D eigenvalue weighted by molar-refractivity contribution is 5.79. The van der Waals surface area contributed by atoms with Crippen molar-refractivity contribution in [2.75, 3.05) is 31.1 Å². The molecule has 1 saturated heterocycles. The van der Waals surface area contributed by atoms with Gasteiger partial charge in [0, 0.05) is 57.5 Å². The van der Waals surface area contributed by atoms with Crippen molar-refractivity contribution in [2.45, 2.75) is 19.4 Å². The predicted molar refractivity (Wildman–Crippen MR) is 124 cm³/mol. The van der Waals surface area contributed by atoms with Crippen LogP contribution in [0.5, 0.6) is 0 Å².